The Morgan fingerprint density at radius 2 is 2.14 bits per heavy atom. The first kappa shape index (κ1) is 17.1. The molecule has 0 unspecified atom stereocenters. The lowest BCUT2D eigenvalue weighted by Gasteiger charge is -2.04. The maximum absolute atomic E-state index is 11.8. The van der Waals surface area contributed by atoms with Crippen molar-refractivity contribution in [1.29, 1.82) is 0 Å². The quantitative estimate of drug-likeness (QED) is 0.809. The van der Waals surface area contributed by atoms with Crippen molar-refractivity contribution in [1.82, 2.24) is 9.97 Å². The molecule has 0 amide bonds. The summed E-state index contributed by atoms with van der Waals surface area (Å²) in [4.78, 5) is 31.7. The second-order valence-electron chi connectivity index (χ2n) is 3.93. The van der Waals surface area contributed by atoms with Gasteiger partial charge in [-0.2, -0.15) is 0 Å². The van der Waals surface area contributed by atoms with E-state index in [-0.39, 0.29) is 19.0 Å². The molecular weight excluding hydrogens is 318 g/mol. The van der Waals surface area contributed by atoms with E-state index in [1.165, 1.54) is 17.7 Å². The third-order valence-electron chi connectivity index (χ3n) is 2.59. The van der Waals surface area contributed by atoms with Gasteiger partial charge in [0.25, 0.3) is 0 Å². The number of anilines is 1. The highest BCUT2D eigenvalue weighted by Gasteiger charge is 2.20. The molecule has 0 saturated carbocycles. The highest BCUT2D eigenvalue weighted by Crippen LogP contribution is 2.33. The number of aliphatic carboxylic acids is 1. The minimum Gasteiger partial charge on any atom is -0.480 e. The van der Waals surface area contributed by atoms with Gasteiger partial charge in [-0.1, -0.05) is 0 Å². The lowest BCUT2D eigenvalue weighted by atomic mass is 10.2. The molecule has 0 bridgehead atoms. The van der Waals surface area contributed by atoms with Crippen LogP contribution in [0.3, 0.4) is 0 Å². The Kier molecular flexibility index (Phi) is 5.86. The van der Waals surface area contributed by atoms with Crippen molar-refractivity contribution in [2.75, 3.05) is 18.5 Å². The Labute approximate surface area is 130 Å². The van der Waals surface area contributed by atoms with Crippen LogP contribution in [0, 0.1) is 6.92 Å². The minimum atomic E-state index is -0.990. The first-order valence-electron chi connectivity index (χ1n) is 5.91. The Bertz CT molecular complexity index is 674. The van der Waals surface area contributed by atoms with Crippen LogP contribution in [0.2, 0.25) is 0 Å². The molecule has 2 rings (SSSR count). The summed E-state index contributed by atoms with van der Waals surface area (Å²) in [6, 6.07) is 0. The lowest BCUT2D eigenvalue weighted by molar-refractivity contribution is -0.134. The summed E-state index contributed by atoms with van der Waals surface area (Å²) >= 11 is 1.21. The standard InChI is InChI=1S/C12H13N3O4S.ClH/c1-3-19-12(18)9-6(2)8-10(13-4-7(16)17)14-5-15-11(8)20-9;/h5H,3-4H2,1-2H3,(H,16,17)(H,13,14,15);1H. The molecule has 7 nitrogen and oxygen atoms in total. The van der Waals surface area contributed by atoms with E-state index in [1.54, 1.807) is 13.8 Å². The number of thiophene rings is 1. The van der Waals surface area contributed by atoms with Crippen molar-refractivity contribution in [3.05, 3.63) is 16.8 Å². The van der Waals surface area contributed by atoms with Crippen molar-refractivity contribution in [2.24, 2.45) is 0 Å². The topological polar surface area (TPSA) is 101 Å². The third-order valence-corrected chi connectivity index (χ3v) is 3.77. The van der Waals surface area contributed by atoms with E-state index < -0.39 is 11.9 Å². The van der Waals surface area contributed by atoms with E-state index in [0.717, 1.165) is 0 Å². The van der Waals surface area contributed by atoms with Gasteiger partial charge < -0.3 is 15.2 Å². The zero-order chi connectivity index (χ0) is 14.7. The molecule has 2 heterocycles. The molecule has 9 heteroatoms. The number of ether oxygens (including phenoxy) is 1. The Hall–Kier alpha value is -1.93. The van der Waals surface area contributed by atoms with Crippen LogP contribution in [0.4, 0.5) is 5.82 Å². The number of nitrogens with zero attached hydrogens (tertiary/aromatic N) is 2. The smallest absolute Gasteiger partial charge is 0.348 e. The summed E-state index contributed by atoms with van der Waals surface area (Å²) in [7, 11) is 0. The van der Waals surface area contributed by atoms with Crippen LogP contribution in [0.15, 0.2) is 6.33 Å². The normalized spacial score (nSPS) is 10.0. The van der Waals surface area contributed by atoms with Crippen LogP contribution in [0.25, 0.3) is 10.2 Å². The van der Waals surface area contributed by atoms with Crippen LogP contribution in [-0.2, 0) is 9.53 Å². The number of halogens is 1. The number of hydrogen-bond acceptors (Lipinski definition) is 7. The van der Waals surface area contributed by atoms with E-state index in [4.69, 9.17) is 9.84 Å². The number of carboxylic acids is 1. The fourth-order valence-corrected chi connectivity index (χ4v) is 2.80. The number of esters is 1. The molecule has 0 aromatic carbocycles. The number of carboxylic acid groups (broad SMARTS) is 1. The molecule has 2 aromatic rings. The zero-order valence-corrected chi connectivity index (χ0v) is 13.0. The van der Waals surface area contributed by atoms with E-state index >= 15 is 0 Å². The highest BCUT2D eigenvalue weighted by atomic mass is 35.5. The average Bonchev–Trinajstić information content (AvgIpc) is 2.75. The highest BCUT2D eigenvalue weighted by molar-refractivity contribution is 7.20. The van der Waals surface area contributed by atoms with Crippen LogP contribution in [0.1, 0.15) is 22.2 Å². The second kappa shape index (κ2) is 7.19. The minimum absolute atomic E-state index is 0. The molecule has 114 valence electrons. The van der Waals surface area contributed by atoms with Crippen molar-refractivity contribution in [2.45, 2.75) is 13.8 Å². The Morgan fingerprint density at radius 3 is 2.76 bits per heavy atom. The van der Waals surface area contributed by atoms with Crippen molar-refractivity contribution in [3.8, 4) is 0 Å². The van der Waals surface area contributed by atoms with Gasteiger partial charge in [0.2, 0.25) is 0 Å². The van der Waals surface area contributed by atoms with E-state index in [1.807, 2.05) is 0 Å². The van der Waals surface area contributed by atoms with Gasteiger partial charge in [-0.15, -0.1) is 23.7 Å². The first-order valence-corrected chi connectivity index (χ1v) is 6.73. The summed E-state index contributed by atoms with van der Waals surface area (Å²) in [5, 5.41) is 12.1. The van der Waals surface area contributed by atoms with Crippen molar-refractivity contribution >= 4 is 51.7 Å². The van der Waals surface area contributed by atoms with E-state index in [2.05, 4.69) is 15.3 Å². The molecule has 0 spiro atoms. The summed E-state index contributed by atoms with van der Waals surface area (Å²) < 4.78 is 4.99. The van der Waals surface area contributed by atoms with Gasteiger partial charge in [0.1, 0.15) is 28.4 Å². The van der Waals surface area contributed by atoms with E-state index in [0.29, 0.717) is 33.1 Å². The molecule has 0 atom stereocenters. The monoisotopic (exact) mass is 331 g/mol. The molecule has 0 fully saturated rings. The fraction of sp³-hybridized carbons (Fsp3) is 0.333. The first-order chi connectivity index (χ1) is 9.54. The third kappa shape index (κ3) is 3.59. The predicted octanol–water partition coefficient (Wildman–Crippen LogP) is 2.09. The van der Waals surface area contributed by atoms with Gasteiger partial charge in [0.15, 0.2) is 0 Å². The number of aryl methyl sites for hydroxylation is 1. The number of carbonyl (C=O) groups is 2. The van der Waals surface area contributed by atoms with Gasteiger partial charge in [0, 0.05) is 0 Å². The zero-order valence-electron chi connectivity index (χ0n) is 11.4. The van der Waals surface area contributed by atoms with Gasteiger partial charge in [-0.3, -0.25) is 4.79 Å². The lowest BCUT2D eigenvalue weighted by Crippen LogP contribution is -2.13. The molecule has 0 radical (unpaired) electrons. The number of fused-ring (bicyclic) bond motifs is 1. The number of aromatic nitrogens is 2. The molecule has 0 aliphatic rings. The molecule has 0 aliphatic heterocycles. The maximum Gasteiger partial charge on any atom is 0.348 e. The molecule has 2 N–H and O–H groups in total. The van der Waals surface area contributed by atoms with Crippen molar-refractivity contribution in [3.63, 3.8) is 0 Å². The summed E-state index contributed by atoms with van der Waals surface area (Å²) in [5.74, 6) is -0.992. The van der Waals surface area contributed by atoms with Crippen molar-refractivity contribution < 1.29 is 19.4 Å². The van der Waals surface area contributed by atoms with Gasteiger partial charge >= 0.3 is 11.9 Å². The molecule has 2 aromatic heterocycles. The van der Waals surface area contributed by atoms with Crippen LogP contribution >= 0.6 is 23.7 Å². The van der Waals surface area contributed by atoms with Crippen LogP contribution in [-0.4, -0.2) is 40.2 Å². The summed E-state index contributed by atoms with van der Waals surface area (Å²) in [6.07, 6.45) is 1.33. The Balaban J connectivity index is 0.00000220. The molecule has 0 aliphatic carbocycles. The number of hydrogen-bond donors (Lipinski definition) is 2. The average molecular weight is 332 g/mol. The molecule has 21 heavy (non-hydrogen) atoms. The largest absolute Gasteiger partial charge is 0.480 e. The molecule has 0 saturated heterocycles. The Morgan fingerprint density at radius 1 is 1.43 bits per heavy atom. The van der Waals surface area contributed by atoms with Gasteiger partial charge in [-0.25, -0.2) is 14.8 Å². The van der Waals surface area contributed by atoms with Crippen LogP contribution < -0.4 is 5.32 Å². The number of rotatable bonds is 5. The maximum atomic E-state index is 11.8. The van der Waals surface area contributed by atoms with E-state index in [9.17, 15) is 9.59 Å². The summed E-state index contributed by atoms with van der Waals surface area (Å²) in [5.41, 5.74) is 0.692. The fourth-order valence-electron chi connectivity index (χ4n) is 1.76. The number of nitrogens with one attached hydrogen (secondary N) is 1. The SMILES string of the molecule is CCOC(=O)c1sc2ncnc(NCC(=O)O)c2c1C.Cl. The molecular formula is C12H14ClN3O4S. The van der Waals surface area contributed by atoms with Crippen LogP contribution in [0.5, 0.6) is 0 Å². The second-order valence-corrected chi connectivity index (χ2v) is 4.93. The van der Waals surface area contributed by atoms with Gasteiger partial charge in [0.05, 0.1) is 12.0 Å². The summed E-state index contributed by atoms with van der Waals surface area (Å²) in [6.45, 7) is 3.54. The van der Waals surface area contributed by atoms with Gasteiger partial charge in [-0.05, 0) is 19.4 Å². The predicted molar refractivity (Wildman–Crippen MR) is 81.5 cm³/mol. The number of carbonyl (C=O) groups excluding carboxylic acids is 1.